The molecule has 11 heteroatoms. The van der Waals surface area contributed by atoms with E-state index in [-0.39, 0.29) is 36.7 Å². The molecule has 1 amide bonds. The summed E-state index contributed by atoms with van der Waals surface area (Å²) in [6.07, 6.45) is 22.7. The molecule has 3 N–H and O–H groups in total. The van der Waals surface area contributed by atoms with Gasteiger partial charge in [0.25, 0.3) is 0 Å². The summed E-state index contributed by atoms with van der Waals surface area (Å²) in [4.78, 5) is 57.6. The van der Waals surface area contributed by atoms with Gasteiger partial charge in [-0.25, -0.2) is 0 Å². The molecule has 0 aromatic rings. The van der Waals surface area contributed by atoms with Gasteiger partial charge in [-0.3, -0.25) is 19.2 Å². The van der Waals surface area contributed by atoms with E-state index < -0.39 is 17.9 Å². The van der Waals surface area contributed by atoms with Crippen LogP contribution in [0, 0.1) is 5.92 Å². The summed E-state index contributed by atoms with van der Waals surface area (Å²) in [6, 6.07) is 0. The third kappa shape index (κ3) is 36.9. The number of carboxylic acids is 2. The highest BCUT2D eigenvalue weighted by Crippen LogP contribution is 2.17. The lowest BCUT2D eigenvalue weighted by Gasteiger charge is -2.12. The van der Waals surface area contributed by atoms with E-state index in [0.29, 0.717) is 65.4 Å². The third-order valence-electron chi connectivity index (χ3n) is 8.77. The molecule has 0 aliphatic heterocycles. The average Bonchev–Trinajstić information content (AvgIpc) is 3.07. The molecule has 0 radical (unpaired) electrons. The predicted molar refractivity (Wildman–Crippen MR) is 195 cm³/mol. The first kappa shape index (κ1) is 47.6. The van der Waals surface area contributed by atoms with Gasteiger partial charge in [0, 0.05) is 45.3 Å². The number of carboxylic acid groups (broad SMARTS) is 2. The Morgan fingerprint density at radius 2 is 0.920 bits per heavy atom. The molecule has 0 heterocycles. The van der Waals surface area contributed by atoms with Crippen molar-refractivity contribution in [1.29, 1.82) is 0 Å². The SMILES string of the molecule is CC(=O)CCCCCOCCOCCOCCNC(=O)CC[C@H](CC(=O)CCCCCCCCCCCCCCCCCCC(=O)O)C(=O)O. The van der Waals surface area contributed by atoms with Gasteiger partial charge < -0.3 is 34.5 Å². The zero-order chi connectivity index (χ0) is 36.9. The van der Waals surface area contributed by atoms with Gasteiger partial charge in [0.15, 0.2) is 0 Å². The summed E-state index contributed by atoms with van der Waals surface area (Å²) in [6.45, 7) is 4.73. The van der Waals surface area contributed by atoms with Crippen molar-refractivity contribution in [3.8, 4) is 0 Å². The Morgan fingerprint density at radius 1 is 0.500 bits per heavy atom. The van der Waals surface area contributed by atoms with Crippen LogP contribution in [-0.4, -0.2) is 85.8 Å². The number of carbonyl (C=O) groups excluding carboxylic acids is 3. The van der Waals surface area contributed by atoms with Crippen LogP contribution in [0.4, 0.5) is 0 Å². The quantitative estimate of drug-likeness (QED) is 0.0533. The summed E-state index contributed by atoms with van der Waals surface area (Å²) in [5.41, 5.74) is 0. The molecule has 1 atom stereocenters. The molecule has 0 aliphatic rings. The standard InChI is InChI=1S/C39H71NO10/c1-34(41)21-17-16-20-27-48-29-31-50-32-30-49-28-26-40-37(43)25-24-35(39(46)47)33-36(42)22-18-14-12-10-8-6-4-2-3-5-7-9-11-13-15-19-23-38(44)45/h35H,2-33H2,1H3,(H,40,43)(H,44,45)(H,46,47)/t35-/m1/s1. The number of Topliss-reactive ketones (excluding diaryl/α,β-unsaturated/α-hetero) is 2. The number of hydrogen-bond acceptors (Lipinski definition) is 8. The van der Waals surface area contributed by atoms with Crippen molar-refractivity contribution >= 4 is 29.4 Å². The number of carbonyl (C=O) groups is 5. The normalized spacial score (nSPS) is 11.8. The van der Waals surface area contributed by atoms with E-state index in [1.54, 1.807) is 6.92 Å². The van der Waals surface area contributed by atoms with E-state index in [9.17, 15) is 29.1 Å². The number of unbranched alkanes of at least 4 members (excludes halogenated alkanes) is 17. The van der Waals surface area contributed by atoms with Crippen LogP contribution in [0.3, 0.4) is 0 Å². The third-order valence-corrected chi connectivity index (χ3v) is 8.77. The predicted octanol–water partition coefficient (Wildman–Crippen LogP) is 7.85. The van der Waals surface area contributed by atoms with Crippen LogP contribution in [0.25, 0.3) is 0 Å². The second-order valence-corrected chi connectivity index (χ2v) is 13.6. The monoisotopic (exact) mass is 714 g/mol. The number of hydrogen-bond donors (Lipinski definition) is 3. The summed E-state index contributed by atoms with van der Waals surface area (Å²) in [5.74, 6) is -2.63. The zero-order valence-electron chi connectivity index (χ0n) is 31.4. The molecule has 0 aromatic carbocycles. The molecule has 0 aromatic heterocycles. The van der Waals surface area contributed by atoms with Gasteiger partial charge in [0.1, 0.15) is 11.6 Å². The van der Waals surface area contributed by atoms with Crippen molar-refractivity contribution in [3.05, 3.63) is 0 Å². The van der Waals surface area contributed by atoms with E-state index >= 15 is 0 Å². The van der Waals surface area contributed by atoms with Crippen LogP contribution in [0.1, 0.15) is 167 Å². The fraction of sp³-hybridized carbons (Fsp3) is 0.872. The first-order chi connectivity index (χ1) is 24.2. The maximum Gasteiger partial charge on any atom is 0.306 e. The van der Waals surface area contributed by atoms with Crippen molar-refractivity contribution in [2.75, 3.05) is 46.2 Å². The van der Waals surface area contributed by atoms with Crippen molar-refractivity contribution in [3.63, 3.8) is 0 Å². The van der Waals surface area contributed by atoms with E-state index in [1.807, 2.05) is 0 Å². The number of rotatable bonds is 40. The molecule has 11 nitrogen and oxygen atoms in total. The minimum Gasteiger partial charge on any atom is -0.481 e. The van der Waals surface area contributed by atoms with Crippen molar-refractivity contribution < 1.29 is 48.4 Å². The van der Waals surface area contributed by atoms with Crippen molar-refractivity contribution in [2.24, 2.45) is 5.92 Å². The number of nitrogens with one attached hydrogen (secondary N) is 1. The minimum absolute atomic E-state index is 0.0231. The molecular formula is C39H71NO10. The summed E-state index contributed by atoms with van der Waals surface area (Å²) < 4.78 is 16.4. The first-order valence-corrected chi connectivity index (χ1v) is 19.7. The topological polar surface area (TPSA) is 166 Å². The molecule has 292 valence electrons. The second kappa shape index (κ2) is 36.4. The molecule has 0 saturated heterocycles. The highest BCUT2D eigenvalue weighted by atomic mass is 16.5. The summed E-state index contributed by atoms with van der Waals surface area (Å²) in [7, 11) is 0. The van der Waals surface area contributed by atoms with Gasteiger partial charge in [0.2, 0.25) is 5.91 Å². The van der Waals surface area contributed by atoms with Crippen LogP contribution >= 0.6 is 0 Å². The largest absolute Gasteiger partial charge is 0.481 e. The van der Waals surface area contributed by atoms with Crippen LogP contribution < -0.4 is 5.32 Å². The first-order valence-electron chi connectivity index (χ1n) is 19.7. The van der Waals surface area contributed by atoms with Gasteiger partial charge in [-0.2, -0.15) is 0 Å². The van der Waals surface area contributed by atoms with Gasteiger partial charge in [-0.15, -0.1) is 0 Å². The Bertz CT molecular complexity index is 866. The van der Waals surface area contributed by atoms with Gasteiger partial charge >= 0.3 is 11.9 Å². The van der Waals surface area contributed by atoms with Crippen LogP contribution in [0.5, 0.6) is 0 Å². The van der Waals surface area contributed by atoms with E-state index in [2.05, 4.69) is 5.32 Å². The summed E-state index contributed by atoms with van der Waals surface area (Å²) in [5, 5.41) is 20.9. The Morgan fingerprint density at radius 3 is 1.40 bits per heavy atom. The Kier molecular flexibility index (Phi) is 34.7. The average molecular weight is 714 g/mol. The molecular weight excluding hydrogens is 642 g/mol. The number of aliphatic carboxylic acids is 2. The van der Waals surface area contributed by atoms with Crippen LogP contribution in [0.15, 0.2) is 0 Å². The second-order valence-electron chi connectivity index (χ2n) is 13.6. The molecule has 0 aliphatic carbocycles. The number of ether oxygens (including phenoxy) is 3. The molecule has 0 unspecified atom stereocenters. The molecule has 0 saturated carbocycles. The van der Waals surface area contributed by atoms with Crippen LogP contribution in [0.2, 0.25) is 0 Å². The maximum absolute atomic E-state index is 12.4. The molecule has 50 heavy (non-hydrogen) atoms. The van der Waals surface area contributed by atoms with Crippen molar-refractivity contribution in [2.45, 2.75) is 167 Å². The minimum atomic E-state index is -1.03. The Hall–Kier alpha value is -2.37. The zero-order valence-corrected chi connectivity index (χ0v) is 31.4. The fourth-order valence-electron chi connectivity index (χ4n) is 5.72. The molecule has 0 rings (SSSR count). The van der Waals surface area contributed by atoms with Crippen molar-refractivity contribution in [1.82, 2.24) is 5.32 Å². The molecule has 0 spiro atoms. The smallest absolute Gasteiger partial charge is 0.306 e. The van der Waals surface area contributed by atoms with Gasteiger partial charge in [0.05, 0.1) is 39.0 Å². The Labute approximate surface area is 302 Å². The summed E-state index contributed by atoms with van der Waals surface area (Å²) >= 11 is 0. The van der Waals surface area contributed by atoms with E-state index in [0.717, 1.165) is 57.8 Å². The van der Waals surface area contributed by atoms with Crippen LogP contribution in [-0.2, 0) is 38.2 Å². The lowest BCUT2D eigenvalue weighted by molar-refractivity contribution is -0.144. The number of amides is 1. The number of ketones is 2. The maximum atomic E-state index is 12.4. The molecule has 0 fully saturated rings. The lowest BCUT2D eigenvalue weighted by atomic mass is 9.94. The fourth-order valence-corrected chi connectivity index (χ4v) is 5.72. The molecule has 0 bridgehead atoms. The van der Waals surface area contributed by atoms with E-state index in [1.165, 1.54) is 64.2 Å². The highest BCUT2D eigenvalue weighted by Gasteiger charge is 2.22. The lowest BCUT2D eigenvalue weighted by Crippen LogP contribution is -2.29. The van der Waals surface area contributed by atoms with Gasteiger partial charge in [-0.05, 0) is 39.0 Å². The van der Waals surface area contributed by atoms with E-state index in [4.69, 9.17) is 19.3 Å². The highest BCUT2D eigenvalue weighted by molar-refractivity contribution is 5.84. The Balaban J connectivity index is 3.59. The van der Waals surface area contributed by atoms with Gasteiger partial charge in [-0.1, -0.05) is 96.3 Å².